The second-order valence-corrected chi connectivity index (χ2v) is 7.49. The van der Waals surface area contributed by atoms with E-state index in [1.54, 1.807) is 0 Å². The van der Waals surface area contributed by atoms with Crippen LogP contribution in [0.5, 0.6) is 0 Å². The molecule has 1 atom stereocenters. The predicted molar refractivity (Wildman–Crippen MR) is 76.7 cm³/mol. The topological polar surface area (TPSA) is 49.4 Å². The molecule has 0 aliphatic carbocycles. The van der Waals surface area contributed by atoms with Gasteiger partial charge in [-0.2, -0.15) is 0 Å². The van der Waals surface area contributed by atoms with Crippen molar-refractivity contribution in [2.45, 2.75) is 45.6 Å². The van der Waals surface area contributed by atoms with E-state index in [9.17, 15) is 8.42 Å². The summed E-state index contributed by atoms with van der Waals surface area (Å²) in [5.41, 5.74) is 0. The van der Waals surface area contributed by atoms with Crippen LogP contribution in [0.2, 0.25) is 0 Å². The molecular weight excluding hydrogens is 248 g/mol. The molecule has 1 saturated heterocycles. The van der Waals surface area contributed by atoms with Gasteiger partial charge in [0.1, 0.15) is 0 Å². The van der Waals surface area contributed by atoms with Crippen LogP contribution in [0.3, 0.4) is 0 Å². The Morgan fingerprint density at radius 3 is 2.61 bits per heavy atom. The van der Waals surface area contributed by atoms with Crippen molar-refractivity contribution in [3.63, 3.8) is 0 Å². The van der Waals surface area contributed by atoms with Crippen molar-refractivity contribution in [2.75, 3.05) is 37.7 Å². The van der Waals surface area contributed by atoms with Crippen LogP contribution in [0.25, 0.3) is 0 Å². The molecule has 0 saturated carbocycles. The van der Waals surface area contributed by atoms with Gasteiger partial charge in [-0.15, -0.1) is 0 Å². The zero-order valence-corrected chi connectivity index (χ0v) is 12.6. The highest BCUT2D eigenvalue weighted by molar-refractivity contribution is 7.91. The molecule has 1 aliphatic heterocycles. The summed E-state index contributed by atoms with van der Waals surface area (Å²) in [5.74, 6) is 0.700. The Kier molecular flexibility index (Phi) is 7.19. The Labute approximate surface area is 112 Å². The average molecular weight is 276 g/mol. The number of sulfone groups is 1. The molecule has 1 aliphatic rings. The molecule has 0 aromatic heterocycles. The average Bonchev–Trinajstić information content (AvgIpc) is 2.49. The summed E-state index contributed by atoms with van der Waals surface area (Å²) in [4.78, 5) is 2.37. The predicted octanol–water partition coefficient (Wildman–Crippen LogP) is 1.28. The minimum absolute atomic E-state index is 0.334. The van der Waals surface area contributed by atoms with Crippen LogP contribution in [-0.2, 0) is 9.84 Å². The lowest BCUT2D eigenvalue weighted by Gasteiger charge is -2.30. The van der Waals surface area contributed by atoms with Gasteiger partial charge in [-0.1, -0.05) is 20.3 Å². The smallest absolute Gasteiger partial charge is 0.151 e. The highest BCUT2D eigenvalue weighted by Crippen LogP contribution is 2.12. The standard InChI is InChI=1S/C13H28N2O2S/c1-3-6-13(12-14-7-4-2)15-8-5-10-18(16,17)11-9-15/h13-14H,3-12H2,1-2H3. The monoisotopic (exact) mass is 276 g/mol. The van der Waals surface area contributed by atoms with Gasteiger partial charge in [0.05, 0.1) is 11.5 Å². The summed E-state index contributed by atoms with van der Waals surface area (Å²) in [6.45, 7) is 8.04. The van der Waals surface area contributed by atoms with Crippen molar-refractivity contribution in [1.82, 2.24) is 10.2 Å². The molecular formula is C13H28N2O2S. The molecule has 1 heterocycles. The maximum absolute atomic E-state index is 11.6. The Hall–Kier alpha value is -0.130. The molecule has 108 valence electrons. The Morgan fingerprint density at radius 1 is 1.17 bits per heavy atom. The van der Waals surface area contributed by atoms with Crippen molar-refractivity contribution in [1.29, 1.82) is 0 Å². The van der Waals surface area contributed by atoms with Crippen LogP contribution in [0.1, 0.15) is 39.5 Å². The summed E-state index contributed by atoms with van der Waals surface area (Å²) in [7, 11) is -2.79. The first kappa shape index (κ1) is 15.9. The molecule has 1 fully saturated rings. The highest BCUT2D eigenvalue weighted by Gasteiger charge is 2.23. The first-order valence-corrected chi connectivity index (χ1v) is 9.06. The largest absolute Gasteiger partial charge is 0.315 e. The Morgan fingerprint density at radius 2 is 1.94 bits per heavy atom. The van der Waals surface area contributed by atoms with Gasteiger partial charge in [0, 0.05) is 19.1 Å². The number of hydrogen-bond donors (Lipinski definition) is 1. The molecule has 1 N–H and O–H groups in total. The van der Waals surface area contributed by atoms with Gasteiger partial charge in [0.25, 0.3) is 0 Å². The van der Waals surface area contributed by atoms with Crippen molar-refractivity contribution in [2.24, 2.45) is 0 Å². The SMILES string of the molecule is CCCNCC(CCC)N1CCCS(=O)(=O)CC1. The molecule has 1 rings (SSSR count). The fraction of sp³-hybridized carbons (Fsp3) is 1.00. The van der Waals surface area contributed by atoms with E-state index in [2.05, 4.69) is 24.1 Å². The first-order valence-electron chi connectivity index (χ1n) is 7.24. The number of rotatable bonds is 7. The molecule has 0 bridgehead atoms. The van der Waals surface area contributed by atoms with E-state index in [0.29, 0.717) is 24.1 Å². The van der Waals surface area contributed by atoms with E-state index >= 15 is 0 Å². The normalized spacial score (nSPS) is 22.6. The van der Waals surface area contributed by atoms with E-state index in [0.717, 1.165) is 45.3 Å². The van der Waals surface area contributed by atoms with E-state index in [1.807, 2.05) is 0 Å². The third kappa shape index (κ3) is 5.67. The van der Waals surface area contributed by atoms with Crippen LogP contribution in [0.4, 0.5) is 0 Å². The van der Waals surface area contributed by atoms with Gasteiger partial charge in [-0.25, -0.2) is 8.42 Å². The summed E-state index contributed by atoms with van der Waals surface area (Å²) < 4.78 is 23.2. The van der Waals surface area contributed by atoms with E-state index in [4.69, 9.17) is 0 Å². The fourth-order valence-corrected chi connectivity index (χ4v) is 3.80. The molecule has 4 nitrogen and oxygen atoms in total. The molecule has 0 amide bonds. The Bertz CT molecular complexity index is 317. The minimum Gasteiger partial charge on any atom is -0.315 e. The van der Waals surface area contributed by atoms with Crippen LogP contribution in [0, 0.1) is 0 Å². The molecule has 0 radical (unpaired) electrons. The zero-order chi connectivity index (χ0) is 13.4. The van der Waals surface area contributed by atoms with Crippen molar-refractivity contribution >= 4 is 9.84 Å². The summed E-state index contributed by atoms with van der Waals surface area (Å²) in [6, 6.07) is 0.495. The summed E-state index contributed by atoms with van der Waals surface area (Å²) >= 11 is 0. The lowest BCUT2D eigenvalue weighted by Crippen LogP contribution is -2.43. The van der Waals surface area contributed by atoms with Crippen LogP contribution < -0.4 is 5.32 Å². The molecule has 1 unspecified atom stereocenters. The van der Waals surface area contributed by atoms with Gasteiger partial charge in [0.2, 0.25) is 0 Å². The molecule has 0 aromatic carbocycles. The molecule has 18 heavy (non-hydrogen) atoms. The second-order valence-electron chi connectivity index (χ2n) is 5.19. The van der Waals surface area contributed by atoms with E-state index < -0.39 is 9.84 Å². The zero-order valence-electron chi connectivity index (χ0n) is 11.8. The lowest BCUT2D eigenvalue weighted by molar-refractivity contribution is 0.195. The number of nitrogens with one attached hydrogen (secondary N) is 1. The Balaban J connectivity index is 2.50. The van der Waals surface area contributed by atoms with Gasteiger partial charge in [0.15, 0.2) is 9.84 Å². The fourth-order valence-electron chi connectivity index (χ4n) is 2.52. The van der Waals surface area contributed by atoms with Crippen LogP contribution in [-0.4, -0.2) is 57.0 Å². The molecule has 5 heteroatoms. The quantitative estimate of drug-likeness (QED) is 0.712. The van der Waals surface area contributed by atoms with Gasteiger partial charge < -0.3 is 5.32 Å². The van der Waals surface area contributed by atoms with E-state index in [-0.39, 0.29) is 0 Å². The summed E-state index contributed by atoms with van der Waals surface area (Å²) in [6.07, 6.45) is 4.24. The minimum atomic E-state index is -2.79. The third-order valence-corrected chi connectivity index (χ3v) is 5.25. The molecule has 0 aromatic rings. The highest BCUT2D eigenvalue weighted by atomic mass is 32.2. The van der Waals surface area contributed by atoms with Gasteiger partial charge in [-0.3, -0.25) is 4.90 Å². The first-order chi connectivity index (χ1) is 8.59. The second kappa shape index (κ2) is 8.12. The van der Waals surface area contributed by atoms with Gasteiger partial charge in [-0.05, 0) is 32.4 Å². The van der Waals surface area contributed by atoms with Gasteiger partial charge >= 0.3 is 0 Å². The number of hydrogen-bond acceptors (Lipinski definition) is 4. The van der Waals surface area contributed by atoms with Crippen LogP contribution in [0.15, 0.2) is 0 Å². The number of nitrogens with zero attached hydrogens (tertiary/aromatic N) is 1. The maximum Gasteiger partial charge on any atom is 0.151 e. The lowest BCUT2D eigenvalue weighted by atomic mass is 10.1. The summed E-state index contributed by atoms with van der Waals surface area (Å²) in [5, 5.41) is 3.47. The van der Waals surface area contributed by atoms with Crippen LogP contribution >= 0.6 is 0 Å². The molecule has 0 spiro atoms. The van der Waals surface area contributed by atoms with Crippen molar-refractivity contribution < 1.29 is 8.42 Å². The maximum atomic E-state index is 11.6. The van der Waals surface area contributed by atoms with Crippen molar-refractivity contribution in [3.8, 4) is 0 Å². The third-order valence-electron chi connectivity index (χ3n) is 3.54. The van der Waals surface area contributed by atoms with E-state index in [1.165, 1.54) is 0 Å². The van der Waals surface area contributed by atoms with Crippen molar-refractivity contribution in [3.05, 3.63) is 0 Å².